The molecule has 0 radical (unpaired) electrons. The molecule has 9 nitrogen and oxygen atoms in total. The molecule has 1 aliphatic carbocycles. The first-order valence-electron chi connectivity index (χ1n) is 8.73. The van der Waals surface area contributed by atoms with E-state index in [4.69, 9.17) is 11.1 Å². The maximum atomic E-state index is 14.5. The standard InChI is InChI=1S/C18H17FN8O/c19-12-8-11(16(21)28)17(23-10-5-6-27-9-22-26-15(27)7-10)25-18(12)24-14-4-2-1-3-13(14)20/h5-9,20H,1-4H2,(H2,21,28)(H,23,25). The van der Waals surface area contributed by atoms with Crippen LogP contribution in [0.4, 0.5) is 21.7 Å². The fourth-order valence-corrected chi connectivity index (χ4v) is 3.01. The molecule has 1 fully saturated rings. The summed E-state index contributed by atoms with van der Waals surface area (Å²) in [6.45, 7) is 0. The Morgan fingerprint density at radius 1 is 1.32 bits per heavy atom. The fourth-order valence-electron chi connectivity index (χ4n) is 3.01. The van der Waals surface area contributed by atoms with Gasteiger partial charge in [0.2, 0.25) is 0 Å². The van der Waals surface area contributed by atoms with Crippen LogP contribution in [-0.2, 0) is 0 Å². The van der Waals surface area contributed by atoms with E-state index < -0.39 is 11.7 Å². The molecule has 3 heterocycles. The van der Waals surface area contributed by atoms with E-state index in [9.17, 15) is 9.18 Å². The zero-order valence-corrected chi connectivity index (χ0v) is 14.8. The molecule has 10 heteroatoms. The first kappa shape index (κ1) is 17.7. The second-order valence-corrected chi connectivity index (χ2v) is 6.44. The Balaban J connectivity index is 1.74. The van der Waals surface area contributed by atoms with E-state index >= 15 is 0 Å². The van der Waals surface area contributed by atoms with E-state index in [2.05, 4.69) is 25.5 Å². The van der Waals surface area contributed by atoms with Crippen molar-refractivity contribution in [2.45, 2.75) is 25.7 Å². The first-order valence-corrected chi connectivity index (χ1v) is 8.73. The number of halogens is 1. The van der Waals surface area contributed by atoms with Crippen LogP contribution in [0.25, 0.3) is 5.65 Å². The summed E-state index contributed by atoms with van der Waals surface area (Å²) in [7, 11) is 0. The van der Waals surface area contributed by atoms with Crippen molar-refractivity contribution in [2.24, 2.45) is 10.7 Å². The molecule has 0 spiro atoms. The van der Waals surface area contributed by atoms with Gasteiger partial charge in [-0.25, -0.2) is 14.4 Å². The third-order valence-corrected chi connectivity index (χ3v) is 4.47. The van der Waals surface area contributed by atoms with E-state index in [0.29, 0.717) is 35.6 Å². The maximum absolute atomic E-state index is 14.5. The zero-order valence-electron chi connectivity index (χ0n) is 14.8. The van der Waals surface area contributed by atoms with Gasteiger partial charge in [-0.2, -0.15) is 0 Å². The number of pyridine rings is 2. The summed E-state index contributed by atoms with van der Waals surface area (Å²) >= 11 is 0. The van der Waals surface area contributed by atoms with Crippen molar-refractivity contribution in [1.82, 2.24) is 19.6 Å². The molecule has 0 aromatic carbocycles. The van der Waals surface area contributed by atoms with Crippen molar-refractivity contribution in [3.05, 3.63) is 42.1 Å². The summed E-state index contributed by atoms with van der Waals surface area (Å²) in [6.07, 6.45) is 6.32. The van der Waals surface area contributed by atoms with Crippen molar-refractivity contribution in [1.29, 1.82) is 5.41 Å². The smallest absolute Gasteiger partial charge is 0.252 e. The summed E-state index contributed by atoms with van der Waals surface area (Å²) < 4.78 is 16.2. The van der Waals surface area contributed by atoms with Gasteiger partial charge < -0.3 is 16.5 Å². The third-order valence-electron chi connectivity index (χ3n) is 4.47. The molecule has 3 aromatic rings. The maximum Gasteiger partial charge on any atom is 0.252 e. The average molecular weight is 380 g/mol. The van der Waals surface area contributed by atoms with Crippen LogP contribution >= 0.6 is 0 Å². The lowest BCUT2D eigenvalue weighted by Crippen LogP contribution is -2.18. The number of fused-ring (bicyclic) bond motifs is 1. The zero-order chi connectivity index (χ0) is 19.7. The molecule has 0 bridgehead atoms. The number of nitrogens with one attached hydrogen (secondary N) is 2. The number of hydrogen-bond acceptors (Lipinski definition) is 7. The lowest BCUT2D eigenvalue weighted by molar-refractivity contribution is 0.100. The van der Waals surface area contributed by atoms with Crippen LogP contribution in [0.15, 0.2) is 35.7 Å². The van der Waals surface area contributed by atoms with E-state index in [0.717, 1.165) is 18.9 Å². The van der Waals surface area contributed by atoms with Gasteiger partial charge in [-0.1, -0.05) is 0 Å². The second kappa shape index (κ2) is 7.14. The van der Waals surface area contributed by atoms with Gasteiger partial charge in [-0.05, 0) is 37.8 Å². The molecule has 0 unspecified atom stereocenters. The summed E-state index contributed by atoms with van der Waals surface area (Å²) in [4.78, 5) is 20.2. The predicted molar refractivity (Wildman–Crippen MR) is 102 cm³/mol. The van der Waals surface area contributed by atoms with Crippen molar-refractivity contribution in [2.75, 3.05) is 5.32 Å². The predicted octanol–water partition coefficient (Wildman–Crippen LogP) is 2.77. The van der Waals surface area contributed by atoms with Gasteiger partial charge in [0.25, 0.3) is 5.91 Å². The quantitative estimate of drug-likeness (QED) is 0.640. The Hall–Kier alpha value is -3.69. The van der Waals surface area contributed by atoms with Crippen molar-refractivity contribution < 1.29 is 9.18 Å². The minimum atomic E-state index is -0.818. The number of nitrogens with zero attached hydrogens (tertiary/aromatic N) is 5. The summed E-state index contributed by atoms with van der Waals surface area (Å²) in [5.41, 5.74) is 7.35. The largest absolute Gasteiger partial charge is 0.365 e. The number of anilines is 2. The summed E-state index contributed by atoms with van der Waals surface area (Å²) in [5.74, 6) is -1.68. The molecule has 0 atom stereocenters. The number of carbonyl (C=O) groups excluding carboxylic acids is 1. The number of nitrogens with two attached hydrogens (primary N) is 1. The summed E-state index contributed by atoms with van der Waals surface area (Å²) in [6, 6.07) is 4.44. The molecule has 28 heavy (non-hydrogen) atoms. The highest BCUT2D eigenvalue weighted by Gasteiger charge is 2.19. The number of primary amides is 1. The average Bonchev–Trinajstić information content (AvgIpc) is 3.13. The van der Waals surface area contributed by atoms with Gasteiger partial charge >= 0.3 is 0 Å². The Morgan fingerprint density at radius 2 is 2.14 bits per heavy atom. The number of amides is 1. The Morgan fingerprint density at radius 3 is 2.93 bits per heavy atom. The number of aliphatic imine (C=N–C) groups is 1. The lowest BCUT2D eigenvalue weighted by Gasteiger charge is -2.15. The number of rotatable bonds is 4. The van der Waals surface area contributed by atoms with Crippen LogP contribution < -0.4 is 11.1 Å². The van der Waals surface area contributed by atoms with Gasteiger partial charge in [0.05, 0.1) is 17.0 Å². The van der Waals surface area contributed by atoms with Gasteiger partial charge in [0.1, 0.15) is 12.1 Å². The van der Waals surface area contributed by atoms with Crippen molar-refractivity contribution in [3.63, 3.8) is 0 Å². The minimum Gasteiger partial charge on any atom is -0.365 e. The molecule has 4 rings (SSSR count). The highest BCUT2D eigenvalue weighted by atomic mass is 19.1. The van der Waals surface area contributed by atoms with Crippen molar-refractivity contribution in [3.8, 4) is 0 Å². The Bertz CT molecular complexity index is 1120. The molecule has 142 valence electrons. The molecule has 0 aliphatic heterocycles. The van der Waals surface area contributed by atoms with Crippen LogP contribution in [0.3, 0.4) is 0 Å². The molecule has 3 aromatic heterocycles. The topological polar surface area (TPSA) is 134 Å². The number of carbonyl (C=O) groups is 1. The molecular weight excluding hydrogens is 363 g/mol. The molecule has 0 saturated heterocycles. The van der Waals surface area contributed by atoms with Crippen molar-refractivity contribution >= 4 is 40.3 Å². The number of aromatic nitrogens is 4. The van der Waals surface area contributed by atoms with Gasteiger partial charge in [-0.3, -0.25) is 9.20 Å². The van der Waals surface area contributed by atoms with Gasteiger partial charge in [0.15, 0.2) is 17.3 Å². The fraction of sp³-hybridized carbons (Fsp3) is 0.222. The third kappa shape index (κ3) is 3.43. The normalized spacial score (nSPS) is 15.9. The lowest BCUT2D eigenvalue weighted by atomic mass is 9.96. The SMILES string of the molecule is N=C1CCCCC1=Nc1nc(Nc2ccn3cnnc3c2)c(C(N)=O)cc1F. The van der Waals surface area contributed by atoms with E-state index in [-0.39, 0.29) is 17.2 Å². The first-order chi connectivity index (χ1) is 13.5. The molecule has 4 N–H and O–H groups in total. The van der Waals surface area contributed by atoms with Crippen LogP contribution in [0.2, 0.25) is 0 Å². The Labute approximate surface area is 159 Å². The second-order valence-electron chi connectivity index (χ2n) is 6.44. The van der Waals surface area contributed by atoms with Gasteiger partial charge in [-0.15, -0.1) is 10.2 Å². The van der Waals surface area contributed by atoms with Gasteiger partial charge in [0, 0.05) is 18.0 Å². The molecule has 1 saturated carbocycles. The van der Waals surface area contributed by atoms with E-state index in [1.165, 1.54) is 0 Å². The molecule has 1 aliphatic rings. The molecular formula is C18H17FN8O. The van der Waals surface area contributed by atoms with Crippen LogP contribution in [0.1, 0.15) is 36.0 Å². The monoisotopic (exact) mass is 380 g/mol. The molecule has 1 amide bonds. The van der Waals surface area contributed by atoms with E-state index in [1.807, 2.05) is 0 Å². The highest BCUT2D eigenvalue weighted by Crippen LogP contribution is 2.27. The van der Waals surface area contributed by atoms with E-state index in [1.54, 1.807) is 29.1 Å². The number of hydrogen-bond donors (Lipinski definition) is 3. The van der Waals surface area contributed by atoms with Crippen LogP contribution in [-0.4, -0.2) is 36.9 Å². The van der Waals surface area contributed by atoms with Crippen LogP contribution in [0, 0.1) is 11.2 Å². The van der Waals surface area contributed by atoms with Crippen LogP contribution in [0.5, 0.6) is 0 Å². The Kier molecular flexibility index (Phi) is 4.52. The minimum absolute atomic E-state index is 0.0828. The highest BCUT2D eigenvalue weighted by molar-refractivity contribution is 6.42. The summed E-state index contributed by atoms with van der Waals surface area (Å²) in [5, 5.41) is 18.7.